The summed E-state index contributed by atoms with van der Waals surface area (Å²) in [6.07, 6.45) is -1.67. The van der Waals surface area contributed by atoms with Crippen molar-refractivity contribution < 1.29 is 13.2 Å². The van der Waals surface area contributed by atoms with Crippen molar-refractivity contribution in [3.05, 3.63) is 81.2 Å². The van der Waals surface area contributed by atoms with Crippen LogP contribution < -0.4 is 4.90 Å². The van der Waals surface area contributed by atoms with Crippen LogP contribution in [0.1, 0.15) is 64.5 Å². The molecule has 1 unspecified atom stereocenters. The molecular weight excluding hydrogens is 473 g/mol. The van der Waals surface area contributed by atoms with Gasteiger partial charge in [-0.3, -0.25) is 0 Å². The summed E-state index contributed by atoms with van der Waals surface area (Å²) in [5, 5.41) is 5.00. The van der Waals surface area contributed by atoms with Gasteiger partial charge in [0.1, 0.15) is 5.82 Å². The van der Waals surface area contributed by atoms with Gasteiger partial charge in [-0.1, -0.05) is 36.8 Å². The van der Waals surface area contributed by atoms with Crippen LogP contribution in [-0.2, 0) is 19.1 Å². The lowest BCUT2D eigenvalue weighted by atomic mass is 9.93. The Bertz CT molecular complexity index is 1480. The monoisotopic (exact) mass is 506 g/mol. The van der Waals surface area contributed by atoms with E-state index in [1.54, 1.807) is 6.07 Å². The molecule has 0 saturated heterocycles. The Morgan fingerprint density at radius 1 is 0.946 bits per heavy atom. The molecule has 0 fully saturated rings. The summed E-state index contributed by atoms with van der Waals surface area (Å²) in [6.45, 7) is 12.9. The van der Waals surface area contributed by atoms with Crippen LogP contribution in [0.3, 0.4) is 0 Å². The van der Waals surface area contributed by atoms with Gasteiger partial charge >= 0.3 is 6.18 Å². The molecule has 4 nitrogen and oxygen atoms in total. The van der Waals surface area contributed by atoms with E-state index in [-0.39, 0.29) is 6.04 Å². The average Bonchev–Trinajstić information content (AvgIpc) is 3.13. The normalized spacial score (nSPS) is 15.9. The zero-order valence-corrected chi connectivity index (χ0v) is 22.3. The van der Waals surface area contributed by atoms with E-state index in [1.165, 1.54) is 28.8 Å². The predicted molar refractivity (Wildman–Crippen MR) is 142 cm³/mol. The van der Waals surface area contributed by atoms with Crippen LogP contribution in [-0.4, -0.2) is 20.6 Å². The average molecular weight is 507 g/mol. The van der Waals surface area contributed by atoms with E-state index in [9.17, 15) is 13.2 Å². The quantitative estimate of drug-likeness (QED) is 0.285. The summed E-state index contributed by atoms with van der Waals surface area (Å²) in [5.74, 6) is 0.953. The molecule has 0 amide bonds. The van der Waals surface area contributed by atoms with Gasteiger partial charge in [0.2, 0.25) is 0 Å². The van der Waals surface area contributed by atoms with Gasteiger partial charge in [-0.15, -0.1) is 0 Å². The highest BCUT2D eigenvalue weighted by molar-refractivity contribution is 5.85. The molecule has 2 aromatic heterocycles. The van der Waals surface area contributed by atoms with Crippen LogP contribution in [0.4, 0.5) is 19.0 Å². The number of benzene rings is 2. The van der Waals surface area contributed by atoms with E-state index in [0.717, 1.165) is 64.9 Å². The number of aromatic nitrogens is 3. The predicted octanol–water partition coefficient (Wildman–Crippen LogP) is 7.69. The molecule has 194 valence electrons. The SMILES string of the molecule is CCC1CCc2c(C)nc3c(-c4c(C)cc(C)cc4C)c(C)nn3c2N1Cc1cccc(C(F)(F)F)c1. The topological polar surface area (TPSA) is 33.4 Å². The number of hydrogen-bond donors (Lipinski definition) is 0. The van der Waals surface area contributed by atoms with Crippen molar-refractivity contribution in [1.29, 1.82) is 0 Å². The molecule has 3 heterocycles. The lowest BCUT2D eigenvalue weighted by molar-refractivity contribution is -0.137. The molecule has 1 aliphatic rings. The molecule has 0 saturated carbocycles. The van der Waals surface area contributed by atoms with Crippen LogP contribution in [0.5, 0.6) is 0 Å². The summed E-state index contributed by atoms with van der Waals surface area (Å²) >= 11 is 0. The third-order valence-electron chi connectivity index (χ3n) is 7.66. The summed E-state index contributed by atoms with van der Waals surface area (Å²) in [6, 6.07) is 10.2. The summed E-state index contributed by atoms with van der Waals surface area (Å²) in [4.78, 5) is 7.31. The van der Waals surface area contributed by atoms with Gasteiger partial charge in [-0.2, -0.15) is 22.8 Å². The Kier molecular flexibility index (Phi) is 6.29. The zero-order valence-electron chi connectivity index (χ0n) is 22.3. The maximum Gasteiger partial charge on any atom is 0.416 e. The zero-order chi connectivity index (χ0) is 26.6. The van der Waals surface area contributed by atoms with Gasteiger partial charge in [-0.05, 0) is 88.3 Å². The van der Waals surface area contributed by atoms with E-state index in [0.29, 0.717) is 12.1 Å². The minimum atomic E-state index is -4.37. The molecule has 2 aromatic carbocycles. The smallest absolute Gasteiger partial charge is 0.349 e. The fourth-order valence-corrected chi connectivity index (χ4v) is 6.05. The molecule has 7 heteroatoms. The molecule has 0 spiro atoms. The molecule has 1 atom stereocenters. The van der Waals surface area contributed by atoms with Crippen LogP contribution in [0.25, 0.3) is 16.8 Å². The minimum Gasteiger partial charge on any atom is -0.349 e. The van der Waals surface area contributed by atoms with Gasteiger partial charge in [0, 0.05) is 23.8 Å². The maximum absolute atomic E-state index is 13.5. The van der Waals surface area contributed by atoms with Gasteiger partial charge in [0.05, 0.1) is 16.8 Å². The van der Waals surface area contributed by atoms with Crippen molar-refractivity contribution in [2.75, 3.05) is 4.90 Å². The number of hydrogen-bond acceptors (Lipinski definition) is 3. The Hall–Kier alpha value is -3.35. The lowest BCUT2D eigenvalue weighted by Crippen LogP contribution is -2.40. The highest BCUT2D eigenvalue weighted by atomic mass is 19.4. The third kappa shape index (κ3) is 4.38. The molecule has 0 radical (unpaired) electrons. The number of nitrogens with zero attached hydrogens (tertiary/aromatic N) is 4. The number of rotatable bonds is 4. The highest BCUT2D eigenvalue weighted by Gasteiger charge is 2.33. The van der Waals surface area contributed by atoms with Crippen molar-refractivity contribution in [2.24, 2.45) is 0 Å². The van der Waals surface area contributed by atoms with Crippen LogP contribution in [0, 0.1) is 34.6 Å². The minimum absolute atomic E-state index is 0.197. The first kappa shape index (κ1) is 25.3. The summed E-state index contributed by atoms with van der Waals surface area (Å²) in [7, 11) is 0. The number of anilines is 1. The van der Waals surface area contributed by atoms with Crippen molar-refractivity contribution in [3.63, 3.8) is 0 Å². The molecule has 0 N–H and O–H groups in total. The number of aryl methyl sites for hydroxylation is 5. The first-order valence-electron chi connectivity index (χ1n) is 12.9. The fourth-order valence-electron chi connectivity index (χ4n) is 6.05. The second-order valence-electron chi connectivity index (χ2n) is 10.4. The number of halogens is 3. The van der Waals surface area contributed by atoms with Gasteiger partial charge in [-0.25, -0.2) is 4.98 Å². The van der Waals surface area contributed by atoms with E-state index in [4.69, 9.17) is 10.1 Å². The fraction of sp³-hybridized carbons (Fsp3) is 0.400. The summed E-state index contributed by atoms with van der Waals surface area (Å²) < 4.78 is 42.3. The number of alkyl halides is 3. The van der Waals surface area contributed by atoms with Crippen molar-refractivity contribution in [3.8, 4) is 11.1 Å². The first-order chi connectivity index (χ1) is 17.5. The van der Waals surface area contributed by atoms with Crippen LogP contribution >= 0.6 is 0 Å². The van der Waals surface area contributed by atoms with E-state index >= 15 is 0 Å². The lowest BCUT2D eigenvalue weighted by Gasteiger charge is -2.39. The van der Waals surface area contributed by atoms with Crippen LogP contribution in [0.2, 0.25) is 0 Å². The second kappa shape index (κ2) is 9.19. The van der Waals surface area contributed by atoms with Crippen molar-refractivity contribution >= 4 is 11.5 Å². The Labute approximate surface area is 216 Å². The Balaban J connectivity index is 1.72. The maximum atomic E-state index is 13.5. The Morgan fingerprint density at radius 3 is 2.30 bits per heavy atom. The first-order valence-corrected chi connectivity index (χ1v) is 12.9. The molecular formula is C30H33F3N4. The van der Waals surface area contributed by atoms with Gasteiger partial charge in [0.25, 0.3) is 0 Å². The van der Waals surface area contributed by atoms with E-state index in [1.807, 2.05) is 18.4 Å². The highest BCUT2D eigenvalue weighted by Crippen LogP contribution is 2.40. The van der Waals surface area contributed by atoms with Crippen molar-refractivity contribution in [1.82, 2.24) is 14.6 Å². The molecule has 5 rings (SSSR count). The largest absolute Gasteiger partial charge is 0.416 e. The number of fused-ring (bicyclic) bond motifs is 3. The third-order valence-corrected chi connectivity index (χ3v) is 7.66. The standard InChI is InChI=1S/C30H33F3N4/c1-7-24-11-12-25-20(5)34-28-27(26-18(3)13-17(2)14-19(26)4)21(6)35-37(28)29(25)36(24)16-22-9-8-10-23(15-22)30(31,32)33/h8-10,13-15,24H,7,11-12,16H2,1-6H3. The molecule has 1 aliphatic heterocycles. The Morgan fingerprint density at radius 2 is 1.65 bits per heavy atom. The van der Waals surface area contributed by atoms with Crippen molar-refractivity contribution in [2.45, 2.75) is 79.6 Å². The van der Waals surface area contributed by atoms with Crippen LogP contribution in [0.15, 0.2) is 36.4 Å². The summed E-state index contributed by atoms with van der Waals surface area (Å²) in [5.41, 5.74) is 9.54. The second-order valence-corrected chi connectivity index (χ2v) is 10.4. The molecule has 37 heavy (non-hydrogen) atoms. The van der Waals surface area contributed by atoms with Gasteiger partial charge in [0.15, 0.2) is 5.65 Å². The molecule has 0 bridgehead atoms. The molecule has 0 aliphatic carbocycles. The molecule has 4 aromatic rings. The van der Waals surface area contributed by atoms with E-state index < -0.39 is 11.7 Å². The van der Waals surface area contributed by atoms with E-state index in [2.05, 4.69) is 44.7 Å². The van der Waals surface area contributed by atoms with Gasteiger partial charge < -0.3 is 4.90 Å².